The third kappa shape index (κ3) is 3.39. The summed E-state index contributed by atoms with van der Waals surface area (Å²) in [6, 6.07) is 5.06. The highest BCUT2D eigenvalue weighted by atomic mass is 32.2. The summed E-state index contributed by atoms with van der Waals surface area (Å²) in [6.45, 7) is 0.324. The molecule has 0 saturated carbocycles. The zero-order valence-electron chi connectivity index (χ0n) is 9.40. The maximum Gasteiger partial charge on any atom is 0.501 e. The van der Waals surface area contributed by atoms with E-state index < -0.39 is 20.2 Å². The molecule has 1 rings (SSSR count). The van der Waals surface area contributed by atoms with E-state index in [1.54, 1.807) is 0 Å². The van der Waals surface area contributed by atoms with E-state index in [4.69, 9.17) is 4.74 Å². The molecule has 0 atom stereocenters. The zero-order valence-corrected chi connectivity index (χ0v) is 11.0. The van der Waals surface area contributed by atoms with Crippen LogP contribution in [-0.2, 0) is 14.6 Å². The first kappa shape index (κ1) is 15.3. The summed E-state index contributed by atoms with van der Waals surface area (Å²) in [4.78, 5) is -0.634. The molecule has 0 amide bonds. The van der Waals surface area contributed by atoms with Gasteiger partial charge in [0.1, 0.15) is 0 Å². The maximum atomic E-state index is 12.5. The van der Waals surface area contributed by atoms with Gasteiger partial charge in [-0.25, -0.2) is 8.42 Å². The third-order valence-corrected chi connectivity index (χ3v) is 4.70. The molecular weight excluding hydrogens is 289 g/mol. The lowest BCUT2D eigenvalue weighted by Gasteiger charge is -2.11. The van der Waals surface area contributed by atoms with Gasteiger partial charge in [0.15, 0.2) is 0 Å². The van der Waals surface area contributed by atoms with Crippen molar-refractivity contribution in [1.29, 1.82) is 0 Å². The Morgan fingerprint density at radius 1 is 1.28 bits per heavy atom. The number of benzene rings is 1. The van der Waals surface area contributed by atoms with Crippen molar-refractivity contribution in [2.75, 3.05) is 19.5 Å². The summed E-state index contributed by atoms with van der Waals surface area (Å²) in [6.07, 6.45) is 0. The van der Waals surface area contributed by atoms with Crippen molar-refractivity contribution in [2.24, 2.45) is 0 Å². The van der Waals surface area contributed by atoms with Gasteiger partial charge in [0, 0.05) is 17.8 Å². The van der Waals surface area contributed by atoms with Crippen molar-refractivity contribution in [3.8, 4) is 0 Å². The van der Waals surface area contributed by atoms with Crippen LogP contribution >= 0.6 is 11.8 Å². The summed E-state index contributed by atoms with van der Waals surface area (Å²) < 4.78 is 64.8. The van der Waals surface area contributed by atoms with Gasteiger partial charge in [-0.05, 0) is 12.1 Å². The highest BCUT2D eigenvalue weighted by Crippen LogP contribution is 2.35. The molecule has 0 saturated heterocycles. The lowest BCUT2D eigenvalue weighted by molar-refractivity contribution is -0.0437. The molecule has 0 aliphatic carbocycles. The van der Waals surface area contributed by atoms with Crippen LogP contribution in [0.3, 0.4) is 0 Å². The summed E-state index contributed by atoms with van der Waals surface area (Å²) in [7, 11) is -3.85. The van der Waals surface area contributed by atoms with Gasteiger partial charge in [0.25, 0.3) is 9.84 Å². The Morgan fingerprint density at radius 3 is 2.44 bits per heavy atom. The van der Waals surface area contributed by atoms with Crippen molar-refractivity contribution in [3.63, 3.8) is 0 Å². The van der Waals surface area contributed by atoms with Gasteiger partial charge in [0.2, 0.25) is 0 Å². The predicted octanol–water partition coefficient (Wildman–Crippen LogP) is 2.72. The van der Waals surface area contributed by atoms with Crippen LogP contribution in [0, 0.1) is 0 Å². The van der Waals surface area contributed by atoms with Crippen LogP contribution in [0.25, 0.3) is 0 Å². The van der Waals surface area contributed by atoms with Crippen LogP contribution in [-0.4, -0.2) is 33.4 Å². The maximum absolute atomic E-state index is 12.5. The quantitative estimate of drug-likeness (QED) is 0.619. The molecule has 0 heterocycles. The standard InChI is InChI=1S/C10H11F3O3S2/c1-16-6-7-17-8-4-2-3-5-9(8)18(14,15)10(11,12)13/h2-5H,6-7H2,1H3. The van der Waals surface area contributed by atoms with Gasteiger partial charge < -0.3 is 4.74 Å². The van der Waals surface area contributed by atoms with Crippen molar-refractivity contribution >= 4 is 21.6 Å². The minimum absolute atomic E-state index is 0.0758. The van der Waals surface area contributed by atoms with Gasteiger partial charge in [0.05, 0.1) is 11.5 Å². The van der Waals surface area contributed by atoms with E-state index in [1.165, 1.54) is 25.3 Å². The van der Waals surface area contributed by atoms with Crippen molar-refractivity contribution in [2.45, 2.75) is 15.3 Å². The third-order valence-electron chi connectivity index (χ3n) is 1.99. The molecule has 0 fully saturated rings. The minimum atomic E-state index is -5.31. The fourth-order valence-electron chi connectivity index (χ4n) is 1.15. The highest BCUT2D eigenvalue weighted by molar-refractivity contribution is 8.00. The van der Waals surface area contributed by atoms with E-state index in [0.717, 1.165) is 17.8 Å². The van der Waals surface area contributed by atoms with Crippen LogP contribution in [0.1, 0.15) is 0 Å². The number of rotatable bonds is 5. The Labute approximate surface area is 107 Å². The Hall–Kier alpha value is -0.730. The normalized spacial score (nSPS) is 12.7. The van der Waals surface area contributed by atoms with Gasteiger partial charge in [-0.1, -0.05) is 12.1 Å². The molecule has 102 valence electrons. The second kappa shape index (κ2) is 5.94. The first-order valence-electron chi connectivity index (χ1n) is 4.83. The Balaban J connectivity index is 3.10. The number of hydrogen-bond donors (Lipinski definition) is 0. The molecule has 18 heavy (non-hydrogen) atoms. The fraction of sp³-hybridized carbons (Fsp3) is 0.400. The summed E-state index contributed by atoms with van der Waals surface area (Å²) in [5, 5.41) is 0. The Bertz CT molecular complexity index is 497. The first-order chi connectivity index (χ1) is 8.30. The number of thioether (sulfide) groups is 1. The highest BCUT2D eigenvalue weighted by Gasteiger charge is 2.47. The molecule has 0 aromatic heterocycles. The van der Waals surface area contributed by atoms with Gasteiger partial charge in [-0.2, -0.15) is 13.2 Å². The number of methoxy groups -OCH3 is 1. The van der Waals surface area contributed by atoms with E-state index in [0.29, 0.717) is 12.4 Å². The van der Waals surface area contributed by atoms with Gasteiger partial charge >= 0.3 is 5.51 Å². The monoisotopic (exact) mass is 300 g/mol. The van der Waals surface area contributed by atoms with Crippen molar-refractivity contribution in [3.05, 3.63) is 24.3 Å². The van der Waals surface area contributed by atoms with Crippen molar-refractivity contribution < 1.29 is 26.3 Å². The van der Waals surface area contributed by atoms with E-state index in [9.17, 15) is 21.6 Å². The summed E-state index contributed by atoms with van der Waals surface area (Å²) in [5.41, 5.74) is -5.29. The van der Waals surface area contributed by atoms with Crippen LogP contribution < -0.4 is 0 Å². The second-order valence-corrected chi connectivity index (χ2v) is 6.28. The Kier molecular flexibility index (Phi) is 5.06. The van der Waals surface area contributed by atoms with E-state index in [1.807, 2.05) is 0 Å². The van der Waals surface area contributed by atoms with Gasteiger partial charge in [-0.3, -0.25) is 0 Å². The zero-order chi connectivity index (χ0) is 13.8. The smallest absolute Gasteiger partial charge is 0.384 e. The van der Waals surface area contributed by atoms with Crippen LogP contribution in [0.5, 0.6) is 0 Å². The van der Waals surface area contributed by atoms with Crippen molar-refractivity contribution in [1.82, 2.24) is 0 Å². The average Bonchev–Trinajstić information content (AvgIpc) is 2.28. The predicted molar refractivity (Wildman–Crippen MR) is 62.3 cm³/mol. The SMILES string of the molecule is COCCSc1ccccc1S(=O)(=O)C(F)(F)F. The van der Waals surface area contributed by atoms with Crippen LogP contribution in [0.15, 0.2) is 34.1 Å². The molecule has 0 spiro atoms. The van der Waals surface area contributed by atoms with E-state index >= 15 is 0 Å². The second-order valence-electron chi connectivity index (χ2n) is 3.24. The summed E-state index contributed by atoms with van der Waals surface area (Å²) in [5.74, 6) is 0.376. The molecule has 0 aliphatic rings. The topological polar surface area (TPSA) is 43.4 Å². The lowest BCUT2D eigenvalue weighted by Crippen LogP contribution is -2.23. The van der Waals surface area contributed by atoms with E-state index in [-0.39, 0.29) is 4.90 Å². The number of alkyl halides is 3. The number of halogens is 3. The number of ether oxygens (including phenoxy) is 1. The molecule has 0 radical (unpaired) electrons. The molecule has 3 nitrogen and oxygen atoms in total. The molecule has 0 unspecified atom stereocenters. The van der Waals surface area contributed by atoms with Crippen LogP contribution in [0.4, 0.5) is 13.2 Å². The first-order valence-corrected chi connectivity index (χ1v) is 7.29. The Morgan fingerprint density at radius 2 is 1.89 bits per heavy atom. The summed E-state index contributed by atoms with van der Waals surface area (Å²) >= 11 is 1.01. The molecule has 1 aromatic carbocycles. The lowest BCUT2D eigenvalue weighted by atomic mass is 10.4. The number of sulfone groups is 1. The van der Waals surface area contributed by atoms with Crippen LogP contribution in [0.2, 0.25) is 0 Å². The molecule has 1 aromatic rings. The minimum Gasteiger partial charge on any atom is -0.384 e. The largest absolute Gasteiger partial charge is 0.501 e. The molecule has 0 aliphatic heterocycles. The fourth-order valence-corrected chi connectivity index (χ4v) is 3.35. The molecular formula is C10H11F3O3S2. The average molecular weight is 300 g/mol. The molecule has 8 heteroatoms. The van der Waals surface area contributed by atoms with E-state index in [2.05, 4.69) is 0 Å². The molecule has 0 bridgehead atoms. The number of hydrogen-bond acceptors (Lipinski definition) is 4. The molecule has 0 N–H and O–H groups in total. The van der Waals surface area contributed by atoms with Gasteiger partial charge in [-0.15, -0.1) is 11.8 Å².